The fourth-order valence-corrected chi connectivity index (χ4v) is 3.42. The molecule has 0 aliphatic rings. The molecule has 3 aromatic heterocycles. The van der Waals surface area contributed by atoms with Gasteiger partial charge in [0, 0.05) is 24.2 Å². The molecule has 3 rings (SSSR count). The third-order valence-electron chi connectivity index (χ3n) is 4.13. The Hall–Kier alpha value is -2.87. The second-order valence-electron chi connectivity index (χ2n) is 6.89. The summed E-state index contributed by atoms with van der Waals surface area (Å²) in [5.74, 6) is 1.20. The zero-order chi connectivity index (χ0) is 20.1. The van der Waals surface area contributed by atoms with Crippen LogP contribution >= 0.6 is 11.3 Å². The zero-order valence-electron chi connectivity index (χ0n) is 16.1. The molecule has 0 saturated heterocycles. The normalized spacial score (nSPS) is 11.0. The Morgan fingerprint density at radius 2 is 2.04 bits per heavy atom. The first kappa shape index (κ1) is 19.9. The Kier molecular flexibility index (Phi) is 6.30. The molecule has 0 aromatic carbocycles. The van der Waals surface area contributed by atoms with Gasteiger partial charge in [-0.25, -0.2) is 19.7 Å². The van der Waals surface area contributed by atoms with Crippen molar-refractivity contribution in [3.05, 3.63) is 62.9 Å². The molecule has 3 aromatic rings. The number of nitrogens with zero attached hydrogens (tertiary/aromatic N) is 3. The number of rotatable bonds is 7. The Balaban J connectivity index is 1.67. The van der Waals surface area contributed by atoms with E-state index in [-0.39, 0.29) is 12.1 Å². The van der Waals surface area contributed by atoms with Crippen LogP contribution < -0.4 is 10.9 Å². The van der Waals surface area contributed by atoms with Gasteiger partial charge in [0.2, 0.25) is 0 Å². The van der Waals surface area contributed by atoms with E-state index in [9.17, 15) is 9.59 Å². The van der Waals surface area contributed by atoms with E-state index in [2.05, 4.69) is 34.1 Å². The van der Waals surface area contributed by atoms with Gasteiger partial charge in [-0.2, -0.15) is 0 Å². The highest BCUT2D eigenvalue weighted by Crippen LogP contribution is 2.19. The van der Waals surface area contributed by atoms with Crippen LogP contribution in [0.4, 0.5) is 0 Å². The number of amides is 1. The monoisotopic (exact) mass is 398 g/mol. The van der Waals surface area contributed by atoms with E-state index < -0.39 is 11.5 Å². The molecule has 0 unspecified atom stereocenters. The van der Waals surface area contributed by atoms with Crippen LogP contribution in [0.25, 0.3) is 10.8 Å². The highest BCUT2D eigenvalue weighted by Gasteiger charge is 2.17. The lowest BCUT2D eigenvalue weighted by Crippen LogP contribution is -2.29. The van der Waals surface area contributed by atoms with Crippen molar-refractivity contribution in [1.29, 1.82) is 0 Å². The summed E-state index contributed by atoms with van der Waals surface area (Å²) in [5, 5.41) is 5.24. The van der Waals surface area contributed by atoms with Crippen LogP contribution in [0.15, 0.2) is 39.1 Å². The van der Waals surface area contributed by atoms with Gasteiger partial charge in [-0.3, -0.25) is 4.79 Å². The molecule has 0 saturated carbocycles. The van der Waals surface area contributed by atoms with E-state index >= 15 is 0 Å². The van der Waals surface area contributed by atoms with Crippen molar-refractivity contribution < 1.29 is 9.21 Å². The number of carbonyl (C=O) groups is 1. The third-order valence-corrected chi connectivity index (χ3v) is 5.02. The van der Waals surface area contributed by atoms with E-state index in [1.807, 2.05) is 5.38 Å². The van der Waals surface area contributed by atoms with Crippen molar-refractivity contribution in [3.63, 3.8) is 0 Å². The summed E-state index contributed by atoms with van der Waals surface area (Å²) in [6, 6.07) is 3.51. The van der Waals surface area contributed by atoms with Gasteiger partial charge in [-0.15, -0.1) is 11.3 Å². The second-order valence-corrected chi connectivity index (χ2v) is 7.75. The molecular weight excluding hydrogens is 376 g/mol. The molecule has 0 aliphatic carbocycles. The Labute approximate surface area is 166 Å². The highest BCUT2D eigenvalue weighted by atomic mass is 32.1. The zero-order valence-corrected chi connectivity index (χ0v) is 16.9. The van der Waals surface area contributed by atoms with Crippen molar-refractivity contribution in [2.75, 3.05) is 0 Å². The van der Waals surface area contributed by atoms with Crippen molar-refractivity contribution in [3.8, 4) is 10.8 Å². The summed E-state index contributed by atoms with van der Waals surface area (Å²) in [6.45, 7) is 6.18. The van der Waals surface area contributed by atoms with Gasteiger partial charge in [0.25, 0.3) is 5.91 Å². The Morgan fingerprint density at radius 1 is 1.29 bits per heavy atom. The minimum absolute atomic E-state index is 0.0372. The van der Waals surface area contributed by atoms with Crippen LogP contribution in [0.2, 0.25) is 0 Å². The summed E-state index contributed by atoms with van der Waals surface area (Å²) >= 11 is 1.40. The molecule has 0 radical (unpaired) electrons. The number of hydrogen-bond donors (Lipinski definition) is 1. The van der Waals surface area contributed by atoms with Gasteiger partial charge in [-0.05, 0) is 37.0 Å². The molecule has 1 N–H and O–H groups in total. The molecule has 0 fully saturated rings. The van der Waals surface area contributed by atoms with Crippen LogP contribution in [0.5, 0.6) is 0 Å². The Bertz CT molecular complexity index is 1010. The molecule has 0 aliphatic heterocycles. The van der Waals surface area contributed by atoms with E-state index in [0.717, 1.165) is 6.42 Å². The molecule has 0 atom stereocenters. The molecule has 0 spiro atoms. The van der Waals surface area contributed by atoms with Gasteiger partial charge >= 0.3 is 5.63 Å². The summed E-state index contributed by atoms with van der Waals surface area (Å²) in [7, 11) is 0. The fourth-order valence-electron chi connectivity index (χ4n) is 2.66. The van der Waals surface area contributed by atoms with Crippen LogP contribution in [0, 0.1) is 12.8 Å². The van der Waals surface area contributed by atoms with Crippen molar-refractivity contribution >= 4 is 17.2 Å². The second kappa shape index (κ2) is 8.88. The smallest absolute Gasteiger partial charge is 0.349 e. The van der Waals surface area contributed by atoms with Crippen LogP contribution in [-0.2, 0) is 13.0 Å². The molecule has 8 heteroatoms. The largest absolute Gasteiger partial charge is 0.427 e. The van der Waals surface area contributed by atoms with Gasteiger partial charge in [-0.1, -0.05) is 13.8 Å². The van der Waals surface area contributed by atoms with Crippen molar-refractivity contribution in [1.82, 2.24) is 20.3 Å². The average Bonchev–Trinajstić information content (AvgIpc) is 3.14. The van der Waals surface area contributed by atoms with Crippen molar-refractivity contribution in [2.45, 2.75) is 40.2 Å². The molecule has 28 heavy (non-hydrogen) atoms. The molecule has 146 valence electrons. The van der Waals surface area contributed by atoms with Gasteiger partial charge in [0.1, 0.15) is 11.3 Å². The number of thiazole rings is 1. The maximum Gasteiger partial charge on any atom is 0.349 e. The van der Waals surface area contributed by atoms with Crippen LogP contribution in [0.1, 0.15) is 47.6 Å². The maximum atomic E-state index is 12.5. The Morgan fingerprint density at radius 3 is 2.71 bits per heavy atom. The standard InChI is InChI=1S/C20H22N4O3S/c1-12(2)5-6-15-9-13(3)16(20(26)27-15)18(25)23-10-14-11-28-19(24-14)17-21-7-4-8-22-17/h4,7-9,11-12H,5-6,10H2,1-3H3,(H,23,25). The van der Waals surface area contributed by atoms with E-state index in [4.69, 9.17) is 4.42 Å². The average molecular weight is 398 g/mol. The molecule has 0 bridgehead atoms. The van der Waals surface area contributed by atoms with Crippen LogP contribution in [0.3, 0.4) is 0 Å². The first-order chi connectivity index (χ1) is 13.4. The highest BCUT2D eigenvalue weighted by molar-refractivity contribution is 7.13. The van der Waals surface area contributed by atoms with E-state index in [0.29, 0.717) is 40.2 Å². The minimum Gasteiger partial charge on any atom is -0.427 e. The quantitative estimate of drug-likeness (QED) is 0.655. The lowest BCUT2D eigenvalue weighted by molar-refractivity contribution is 0.0945. The molecule has 7 nitrogen and oxygen atoms in total. The first-order valence-corrected chi connectivity index (χ1v) is 9.95. The van der Waals surface area contributed by atoms with Crippen molar-refractivity contribution in [2.24, 2.45) is 5.92 Å². The predicted molar refractivity (Wildman–Crippen MR) is 107 cm³/mol. The number of hydrogen-bond acceptors (Lipinski definition) is 7. The summed E-state index contributed by atoms with van der Waals surface area (Å²) in [4.78, 5) is 37.5. The summed E-state index contributed by atoms with van der Waals surface area (Å²) in [6.07, 6.45) is 4.90. The SMILES string of the molecule is Cc1cc(CCC(C)C)oc(=O)c1C(=O)NCc1csc(-c2ncccn2)n1. The van der Waals surface area contributed by atoms with E-state index in [1.54, 1.807) is 31.5 Å². The summed E-state index contributed by atoms with van der Waals surface area (Å²) < 4.78 is 5.33. The summed E-state index contributed by atoms with van der Waals surface area (Å²) in [5.41, 5.74) is 0.726. The van der Waals surface area contributed by atoms with Crippen LogP contribution in [-0.4, -0.2) is 20.9 Å². The first-order valence-electron chi connectivity index (χ1n) is 9.07. The number of aryl methyl sites for hydroxylation is 2. The van der Waals surface area contributed by atoms with Gasteiger partial charge in [0.15, 0.2) is 10.8 Å². The maximum absolute atomic E-state index is 12.5. The van der Waals surface area contributed by atoms with Gasteiger partial charge in [0.05, 0.1) is 12.2 Å². The lowest BCUT2D eigenvalue weighted by Gasteiger charge is -2.08. The lowest BCUT2D eigenvalue weighted by atomic mass is 10.0. The molecular formula is C20H22N4O3S. The number of nitrogens with one attached hydrogen (secondary N) is 1. The number of aromatic nitrogens is 3. The third kappa shape index (κ3) is 4.89. The predicted octanol–water partition coefficient (Wildman–Crippen LogP) is 3.38. The minimum atomic E-state index is -0.604. The molecule has 3 heterocycles. The van der Waals surface area contributed by atoms with E-state index in [1.165, 1.54) is 11.3 Å². The van der Waals surface area contributed by atoms with Gasteiger partial charge < -0.3 is 9.73 Å². The molecule has 1 amide bonds. The fraction of sp³-hybridized carbons (Fsp3) is 0.350. The number of carbonyl (C=O) groups excluding carboxylic acids is 1. The topological polar surface area (TPSA) is 98.0 Å².